The maximum Gasteiger partial charge on any atom is 0.388 e. The topological polar surface area (TPSA) is 118 Å². The van der Waals surface area contributed by atoms with E-state index in [-0.39, 0.29) is 22.1 Å². The van der Waals surface area contributed by atoms with Crippen molar-refractivity contribution in [2.75, 3.05) is 0 Å². The summed E-state index contributed by atoms with van der Waals surface area (Å²) in [6, 6.07) is 9.14. The zero-order chi connectivity index (χ0) is 17.0. The van der Waals surface area contributed by atoms with Crippen LogP contribution in [0.2, 0.25) is 0 Å². The minimum absolute atomic E-state index is 0.168. The van der Waals surface area contributed by atoms with Crippen molar-refractivity contribution in [1.82, 2.24) is 0 Å². The first-order valence-corrected chi connectivity index (χ1v) is 9.86. The zero-order valence-electron chi connectivity index (χ0n) is 12.1. The number of hydrogen-bond donors (Lipinski definition) is 5. The number of aryl methyl sites for hydroxylation is 1. The number of hydrogen-bond acceptors (Lipinski definition) is 5. The molecule has 0 aliphatic heterocycles. The first kappa shape index (κ1) is 17.7. The fraction of sp³-hybridized carbons (Fsp3) is 0.200. The number of benzene rings is 2. The first-order chi connectivity index (χ1) is 10.7. The summed E-state index contributed by atoms with van der Waals surface area (Å²) >= 11 is 0.318. The molecule has 0 bridgehead atoms. The van der Waals surface area contributed by atoms with Gasteiger partial charge < -0.3 is 25.1 Å². The highest BCUT2D eigenvalue weighted by molar-refractivity contribution is 8.54. The van der Waals surface area contributed by atoms with Crippen molar-refractivity contribution >= 4 is 18.2 Å². The summed E-state index contributed by atoms with van der Waals surface area (Å²) in [5.41, 5.74) is 1.40. The third kappa shape index (κ3) is 5.48. The van der Waals surface area contributed by atoms with Crippen LogP contribution in [0.5, 0.6) is 17.2 Å². The number of rotatable bonds is 6. The summed E-state index contributed by atoms with van der Waals surface area (Å²) < 4.78 is 11.2. The summed E-state index contributed by atoms with van der Waals surface area (Å²) in [5.74, 6) is -0.252. The van der Waals surface area contributed by atoms with Gasteiger partial charge in [-0.05, 0) is 54.4 Å². The second-order valence-corrected chi connectivity index (χ2v) is 8.62. The van der Waals surface area contributed by atoms with Gasteiger partial charge in [0.15, 0.2) is 0 Å². The molecule has 2 aromatic rings. The maximum absolute atomic E-state index is 11.2. The van der Waals surface area contributed by atoms with Gasteiger partial charge in [0.05, 0.1) is 0 Å². The molecule has 2 aromatic carbocycles. The molecule has 0 fully saturated rings. The van der Waals surface area contributed by atoms with Crippen LogP contribution in [0.25, 0.3) is 0 Å². The Morgan fingerprint density at radius 3 is 2.17 bits per heavy atom. The molecule has 0 unspecified atom stereocenters. The van der Waals surface area contributed by atoms with E-state index in [9.17, 15) is 19.9 Å². The molecular weight excluding hydrogens is 339 g/mol. The SMILES string of the molecule is O=P(O)(O)Sc1cc(O)cc(O)c1CCCc1ccc(O)cc1. The highest BCUT2D eigenvalue weighted by atomic mass is 32.7. The van der Waals surface area contributed by atoms with Crippen molar-refractivity contribution in [2.24, 2.45) is 0 Å². The smallest absolute Gasteiger partial charge is 0.388 e. The number of phenols is 3. The fourth-order valence-corrected chi connectivity index (χ4v) is 4.21. The second-order valence-electron chi connectivity index (χ2n) is 5.04. The normalized spacial score (nSPS) is 11.6. The summed E-state index contributed by atoms with van der Waals surface area (Å²) in [5, 5.41) is 28.7. The molecule has 0 saturated heterocycles. The Bertz CT molecular complexity index is 725. The zero-order valence-corrected chi connectivity index (χ0v) is 13.8. The molecule has 0 saturated carbocycles. The summed E-state index contributed by atoms with van der Waals surface area (Å²) in [4.78, 5) is 18.4. The third-order valence-corrected chi connectivity index (χ3v) is 5.32. The molecule has 0 radical (unpaired) electrons. The Labute approximate surface area is 137 Å². The van der Waals surface area contributed by atoms with Crippen LogP contribution in [-0.4, -0.2) is 25.1 Å². The Hall–Kier alpha value is -1.66. The average molecular weight is 356 g/mol. The van der Waals surface area contributed by atoms with Gasteiger partial charge in [0.1, 0.15) is 17.2 Å². The van der Waals surface area contributed by atoms with Crippen LogP contribution >= 0.6 is 18.2 Å². The van der Waals surface area contributed by atoms with Gasteiger partial charge in [-0.3, -0.25) is 0 Å². The van der Waals surface area contributed by atoms with Crippen LogP contribution in [-0.2, 0) is 17.4 Å². The summed E-state index contributed by atoms with van der Waals surface area (Å²) in [7, 11) is 0. The predicted molar refractivity (Wildman–Crippen MR) is 87.8 cm³/mol. The van der Waals surface area contributed by atoms with Gasteiger partial charge in [-0.15, -0.1) is 0 Å². The summed E-state index contributed by atoms with van der Waals surface area (Å²) in [6.45, 7) is -4.38. The van der Waals surface area contributed by atoms with Crippen molar-refractivity contribution in [3.05, 3.63) is 47.5 Å². The molecule has 0 aromatic heterocycles. The van der Waals surface area contributed by atoms with Crippen molar-refractivity contribution in [2.45, 2.75) is 24.2 Å². The number of phenolic OH excluding ortho intramolecular Hbond substituents is 3. The third-order valence-electron chi connectivity index (χ3n) is 3.22. The Balaban J connectivity index is 2.12. The average Bonchev–Trinajstić information content (AvgIpc) is 2.42. The van der Waals surface area contributed by atoms with E-state index >= 15 is 0 Å². The van der Waals surface area contributed by atoms with Crippen LogP contribution in [0.15, 0.2) is 41.3 Å². The van der Waals surface area contributed by atoms with E-state index < -0.39 is 6.80 Å². The molecule has 23 heavy (non-hydrogen) atoms. The monoisotopic (exact) mass is 356 g/mol. The second kappa shape index (κ2) is 7.27. The van der Waals surface area contributed by atoms with E-state index in [4.69, 9.17) is 9.79 Å². The van der Waals surface area contributed by atoms with E-state index in [1.165, 1.54) is 6.07 Å². The lowest BCUT2D eigenvalue weighted by Crippen LogP contribution is -1.93. The van der Waals surface area contributed by atoms with E-state index in [0.717, 1.165) is 11.6 Å². The molecule has 2 rings (SSSR count). The lowest BCUT2D eigenvalue weighted by Gasteiger charge is -2.12. The predicted octanol–water partition coefficient (Wildman–Crippen LogP) is 3.16. The summed E-state index contributed by atoms with van der Waals surface area (Å²) in [6.07, 6.45) is 1.72. The van der Waals surface area contributed by atoms with Crippen molar-refractivity contribution in [3.8, 4) is 17.2 Å². The van der Waals surface area contributed by atoms with E-state index in [0.29, 0.717) is 36.2 Å². The molecule has 0 amide bonds. The van der Waals surface area contributed by atoms with Gasteiger partial charge in [0.2, 0.25) is 0 Å². The molecule has 0 heterocycles. The van der Waals surface area contributed by atoms with Gasteiger partial charge in [-0.25, -0.2) is 4.57 Å². The molecule has 6 nitrogen and oxygen atoms in total. The Morgan fingerprint density at radius 2 is 1.57 bits per heavy atom. The standard InChI is InChI=1S/C15H17O6PS/c16-11-6-4-10(5-7-11)2-1-3-13-14(18)8-12(17)9-15(13)23-22(19,20)21/h4-9,16-18H,1-3H2,(H2,19,20,21). The highest BCUT2D eigenvalue weighted by Crippen LogP contribution is 2.56. The highest BCUT2D eigenvalue weighted by Gasteiger charge is 2.20. The van der Waals surface area contributed by atoms with Gasteiger partial charge in [0.25, 0.3) is 0 Å². The lowest BCUT2D eigenvalue weighted by molar-refractivity contribution is 0.397. The van der Waals surface area contributed by atoms with Crippen molar-refractivity contribution in [1.29, 1.82) is 0 Å². The number of aromatic hydroxyl groups is 3. The first-order valence-electron chi connectivity index (χ1n) is 6.82. The van der Waals surface area contributed by atoms with Gasteiger partial charge in [-0.1, -0.05) is 12.1 Å². The van der Waals surface area contributed by atoms with Crippen molar-refractivity contribution < 1.29 is 29.7 Å². The van der Waals surface area contributed by atoms with Crippen LogP contribution in [0, 0.1) is 0 Å². The van der Waals surface area contributed by atoms with E-state index in [1.54, 1.807) is 24.3 Å². The Morgan fingerprint density at radius 1 is 0.913 bits per heavy atom. The lowest BCUT2D eigenvalue weighted by atomic mass is 10.0. The molecule has 0 aliphatic rings. The maximum atomic E-state index is 11.2. The van der Waals surface area contributed by atoms with Gasteiger partial charge >= 0.3 is 6.80 Å². The van der Waals surface area contributed by atoms with Gasteiger partial charge in [0, 0.05) is 16.5 Å². The van der Waals surface area contributed by atoms with E-state index in [1.807, 2.05) is 0 Å². The fourth-order valence-electron chi connectivity index (χ4n) is 2.21. The minimum Gasteiger partial charge on any atom is -0.508 e. The molecule has 5 N–H and O–H groups in total. The minimum atomic E-state index is -4.38. The molecule has 124 valence electrons. The van der Waals surface area contributed by atoms with Crippen LogP contribution < -0.4 is 0 Å². The quantitative estimate of drug-likeness (QED) is 0.505. The molecule has 8 heteroatoms. The molecule has 0 spiro atoms. The largest absolute Gasteiger partial charge is 0.508 e. The van der Waals surface area contributed by atoms with E-state index in [2.05, 4.69) is 0 Å². The van der Waals surface area contributed by atoms with Gasteiger partial charge in [-0.2, -0.15) is 0 Å². The van der Waals surface area contributed by atoms with Crippen LogP contribution in [0.4, 0.5) is 0 Å². The van der Waals surface area contributed by atoms with Crippen molar-refractivity contribution in [3.63, 3.8) is 0 Å². The van der Waals surface area contributed by atoms with Crippen LogP contribution in [0.3, 0.4) is 0 Å². The molecule has 0 aliphatic carbocycles. The molecule has 0 atom stereocenters. The Kier molecular flexibility index (Phi) is 5.59. The van der Waals surface area contributed by atoms with Crippen LogP contribution in [0.1, 0.15) is 17.5 Å². The molecular formula is C15H17O6PS.